The van der Waals surface area contributed by atoms with Crippen LogP contribution >= 0.6 is 0 Å². The lowest BCUT2D eigenvalue weighted by atomic mass is 9.43. The fourth-order valence-electron chi connectivity index (χ4n) is 8.72. The van der Waals surface area contributed by atoms with Crippen LogP contribution < -0.4 is 0 Å². The number of hydrogen-bond donors (Lipinski definition) is 2. The summed E-state index contributed by atoms with van der Waals surface area (Å²) in [5, 5.41) is 24.8. The van der Waals surface area contributed by atoms with Crippen molar-refractivity contribution < 1.29 is 29.3 Å². The van der Waals surface area contributed by atoms with Gasteiger partial charge in [0.1, 0.15) is 17.8 Å². The average molecular weight is 531 g/mol. The molecule has 3 fully saturated rings. The fourth-order valence-corrected chi connectivity index (χ4v) is 8.72. The zero-order valence-electron chi connectivity index (χ0n) is 24.8. The molecule has 214 valence electrons. The third kappa shape index (κ3) is 4.48. The zero-order chi connectivity index (χ0) is 28.3. The van der Waals surface area contributed by atoms with Crippen molar-refractivity contribution in [3.8, 4) is 0 Å². The summed E-state index contributed by atoms with van der Waals surface area (Å²) in [6.07, 6.45) is 9.94. The maximum atomic E-state index is 12.6. The number of hydrogen-bond acceptors (Lipinski definition) is 6. The molecule has 0 radical (unpaired) electrons. The minimum absolute atomic E-state index is 0.0183. The van der Waals surface area contributed by atoms with Crippen molar-refractivity contribution in [2.24, 2.45) is 40.4 Å². The summed E-state index contributed by atoms with van der Waals surface area (Å²) in [5.41, 5.74) is -2.71. The lowest BCUT2D eigenvalue weighted by molar-refractivity contribution is -0.264. The maximum absolute atomic E-state index is 12.6. The molecule has 0 aromatic carbocycles. The van der Waals surface area contributed by atoms with Crippen molar-refractivity contribution in [1.29, 1.82) is 0 Å². The van der Waals surface area contributed by atoms with Crippen molar-refractivity contribution in [3.63, 3.8) is 0 Å². The zero-order valence-corrected chi connectivity index (χ0v) is 24.8. The van der Waals surface area contributed by atoms with Crippen LogP contribution in [0.5, 0.6) is 0 Å². The molecule has 0 aromatic rings. The number of ether oxygens (including phenoxy) is 2. The minimum Gasteiger partial charge on any atom is -0.462 e. The summed E-state index contributed by atoms with van der Waals surface area (Å²) in [6.45, 7) is 16.2. The number of fused-ring (bicyclic) bond motifs is 5. The maximum Gasteiger partial charge on any atom is 0.303 e. The summed E-state index contributed by atoms with van der Waals surface area (Å²) in [7, 11) is 0. The van der Waals surface area contributed by atoms with E-state index >= 15 is 0 Å². The van der Waals surface area contributed by atoms with Gasteiger partial charge < -0.3 is 19.7 Å². The first kappa shape index (κ1) is 29.3. The Morgan fingerprint density at radius 2 is 1.61 bits per heavy atom. The van der Waals surface area contributed by atoms with Crippen LogP contribution in [0, 0.1) is 40.4 Å². The number of carbonyl (C=O) groups excluding carboxylic acids is 2. The average Bonchev–Trinajstić information content (AvgIpc) is 3.17. The van der Waals surface area contributed by atoms with Gasteiger partial charge in [-0.2, -0.15) is 0 Å². The Morgan fingerprint density at radius 1 is 0.947 bits per heavy atom. The molecule has 0 spiro atoms. The predicted octanol–water partition coefficient (Wildman–Crippen LogP) is 5.75. The molecule has 0 saturated heterocycles. The lowest BCUT2D eigenvalue weighted by Crippen LogP contribution is -2.73. The van der Waals surface area contributed by atoms with E-state index in [0.717, 1.165) is 24.8 Å². The molecular formula is C32H50O6. The van der Waals surface area contributed by atoms with Gasteiger partial charge in [0.05, 0.1) is 5.60 Å². The largest absolute Gasteiger partial charge is 0.462 e. The fraction of sp³-hybridized carbons (Fsp3) is 0.812. The van der Waals surface area contributed by atoms with E-state index in [-0.39, 0.29) is 17.8 Å². The molecule has 3 saturated carbocycles. The van der Waals surface area contributed by atoms with Crippen molar-refractivity contribution in [2.45, 2.75) is 124 Å². The van der Waals surface area contributed by atoms with Gasteiger partial charge in [-0.1, -0.05) is 53.7 Å². The van der Waals surface area contributed by atoms with Crippen LogP contribution in [0.3, 0.4) is 0 Å². The van der Waals surface area contributed by atoms with E-state index in [1.807, 2.05) is 13.0 Å². The van der Waals surface area contributed by atoms with E-state index in [4.69, 9.17) is 9.47 Å². The normalized spacial score (nSPS) is 44.0. The van der Waals surface area contributed by atoms with Gasteiger partial charge in [-0.3, -0.25) is 9.59 Å². The molecule has 4 aliphatic rings. The van der Waals surface area contributed by atoms with Crippen molar-refractivity contribution in [1.82, 2.24) is 0 Å². The first-order chi connectivity index (χ1) is 17.6. The Labute approximate surface area is 229 Å². The van der Waals surface area contributed by atoms with Gasteiger partial charge >= 0.3 is 11.9 Å². The van der Waals surface area contributed by atoms with Gasteiger partial charge in [0.15, 0.2) is 0 Å². The van der Waals surface area contributed by atoms with Crippen molar-refractivity contribution >= 4 is 11.9 Å². The Hall–Kier alpha value is -1.66. The highest BCUT2D eigenvalue weighted by atomic mass is 16.6. The van der Waals surface area contributed by atoms with Gasteiger partial charge in [-0.15, -0.1) is 0 Å². The molecule has 0 bridgehead atoms. The number of aliphatic hydroxyl groups is 2. The molecule has 0 aliphatic heterocycles. The molecule has 4 rings (SSSR count). The third-order valence-electron chi connectivity index (χ3n) is 11.5. The topological polar surface area (TPSA) is 93.1 Å². The second-order valence-electron chi connectivity index (χ2n) is 13.8. The highest BCUT2D eigenvalue weighted by Gasteiger charge is 2.72. The van der Waals surface area contributed by atoms with E-state index in [1.54, 1.807) is 0 Å². The van der Waals surface area contributed by atoms with Crippen LogP contribution in [-0.4, -0.2) is 45.6 Å². The van der Waals surface area contributed by atoms with Gasteiger partial charge in [-0.25, -0.2) is 0 Å². The van der Waals surface area contributed by atoms with Crippen LogP contribution in [0.2, 0.25) is 0 Å². The van der Waals surface area contributed by atoms with Crippen LogP contribution in [0.1, 0.15) is 100 Å². The quantitative estimate of drug-likeness (QED) is 0.335. The van der Waals surface area contributed by atoms with Gasteiger partial charge in [0.2, 0.25) is 0 Å². The van der Waals surface area contributed by atoms with Gasteiger partial charge in [-0.05, 0) is 85.2 Å². The summed E-state index contributed by atoms with van der Waals surface area (Å²) in [5.74, 6) is 1.36. The van der Waals surface area contributed by atoms with Crippen LogP contribution in [-0.2, 0) is 19.1 Å². The molecule has 0 amide bonds. The predicted molar refractivity (Wildman–Crippen MR) is 147 cm³/mol. The molecule has 2 N–H and O–H groups in total. The van der Waals surface area contributed by atoms with E-state index in [9.17, 15) is 19.8 Å². The van der Waals surface area contributed by atoms with Gasteiger partial charge in [0.25, 0.3) is 0 Å². The minimum atomic E-state index is -1.54. The number of rotatable bonds is 6. The monoisotopic (exact) mass is 530 g/mol. The number of allylic oxidation sites excluding steroid dienone is 2. The molecule has 0 heterocycles. The molecule has 0 aromatic heterocycles. The molecular weight excluding hydrogens is 480 g/mol. The first-order valence-corrected chi connectivity index (χ1v) is 14.8. The Kier molecular flexibility index (Phi) is 7.77. The standard InChI is InChI=1S/C32H50O6/c1-19(2)20(3)9-10-21(4)25-11-12-26-27-17-28(38-23(6)34)32(36)18-24(37-22(5)33)13-14-30(32,8)31(27,35)16-15-29(25,26)7/h9-10,17,19-21,24-26,28,35-36H,11-16,18H2,1-8H3/b10-9+/t20-,21+,24-,25+,26-,28+,29+,30+,31+,32-/m0/s1. The summed E-state index contributed by atoms with van der Waals surface area (Å²) < 4.78 is 11.3. The summed E-state index contributed by atoms with van der Waals surface area (Å²) in [6, 6.07) is 0. The smallest absolute Gasteiger partial charge is 0.303 e. The molecule has 0 unspecified atom stereocenters. The summed E-state index contributed by atoms with van der Waals surface area (Å²) >= 11 is 0. The Bertz CT molecular complexity index is 1000. The van der Waals surface area contributed by atoms with E-state index < -0.39 is 40.8 Å². The molecule has 6 heteroatoms. The van der Waals surface area contributed by atoms with Gasteiger partial charge in [0, 0.05) is 25.7 Å². The Morgan fingerprint density at radius 3 is 2.21 bits per heavy atom. The first-order valence-electron chi connectivity index (χ1n) is 14.8. The van der Waals surface area contributed by atoms with Crippen LogP contribution in [0.25, 0.3) is 0 Å². The molecule has 4 aliphatic carbocycles. The lowest BCUT2D eigenvalue weighted by Gasteiger charge is -2.66. The highest BCUT2D eigenvalue weighted by molar-refractivity contribution is 5.67. The summed E-state index contributed by atoms with van der Waals surface area (Å²) in [4.78, 5) is 23.9. The van der Waals surface area contributed by atoms with E-state index in [1.165, 1.54) is 13.8 Å². The van der Waals surface area contributed by atoms with Crippen molar-refractivity contribution in [2.75, 3.05) is 0 Å². The highest BCUT2D eigenvalue weighted by Crippen LogP contribution is 2.69. The number of carbonyl (C=O) groups is 2. The van der Waals surface area contributed by atoms with Crippen LogP contribution in [0.15, 0.2) is 23.8 Å². The molecule has 10 atom stereocenters. The molecule has 38 heavy (non-hydrogen) atoms. The number of esters is 2. The second kappa shape index (κ2) is 10.1. The van der Waals surface area contributed by atoms with Crippen LogP contribution in [0.4, 0.5) is 0 Å². The second-order valence-corrected chi connectivity index (χ2v) is 13.8. The van der Waals surface area contributed by atoms with E-state index in [2.05, 4.69) is 46.8 Å². The molecule has 6 nitrogen and oxygen atoms in total. The van der Waals surface area contributed by atoms with E-state index in [0.29, 0.717) is 42.9 Å². The van der Waals surface area contributed by atoms with Crippen molar-refractivity contribution in [3.05, 3.63) is 23.8 Å². The SMILES string of the molecule is CC(=O)O[C@H]1CC[C@]2(C)[C@@]3(O)CC[C@]4(C)[C@@H]([C@H](C)/C=C/[C@H](C)C(C)C)CC[C@H]4C3=C[C@@H](OC(C)=O)[C@@]2(O)C1. The third-order valence-corrected chi connectivity index (χ3v) is 11.5. The Balaban J connectivity index is 1.72.